The number of carbonyl (C=O) groups excluding carboxylic acids is 1. The lowest BCUT2D eigenvalue weighted by atomic mass is 9.79. The average Bonchev–Trinajstić information content (AvgIpc) is 3.41. The minimum Gasteiger partial charge on any atom is -0.389 e. The van der Waals surface area contributed by atoms with Gasteiger partial charge in [0.15, 0.2) is 5.15 Å². The van der Waals surface area contributed by atoms with Crippen LogP contribution in [0.25, 0.3) is 10.9 Å². The van der Waals surface area contributed by atoms with E-state index in [0.717, 1.165) is 25.7 Å². The number of nitrogens with one attached hydrogen (secondary N) is 2. The first kappa shape index (κ1) is 27.0. The second kappa shape index (κ2) is 9.53. The molecular formula is C25H27Cl2F3N6O2. The van der Waals surface area contributed by atoms with Crippen LogP contribution in [0.2, 0.25) is 10.2 Å². The van der Waals surface area contributed by atoms with Gasteiger partial charge < -0.3 is 15.7 Å². The molecule has 204 valence electrons. The summed E-state index contributed by atoms with van der Waals surface area (Å²) < 4.78 is 42.0. The van der Waals surface area contributed by atoms with Crippen LogP contribution >= 0.6 is 23.2 Å². The number of nitrogens with zero attached hydrogens (tertiary/aromatic N) is 4. The van der Waals surface area contributed by atoms with E-state index in [-0.39, 0.29) is 46.1 Å². The third kappa shape index (κ3) is 6.00. The summed E-state index contributed by atoms with van der Waals surface area (Å²) in [6.07, 6.45) is 0.734. The molecule has 0 unspecified atom stereocenters. The number of carbonyl (C=O) groups is 1. The highest BCUT2D eigenvalue weighted by Crippen LogP contribution is 2.56. The summed E-state index contributed by atoms with van der Waals surface area (Å²) in [5.74, 6) is -1.56. The molecule has 2 aliphatic rings. The van der Waals surface area contributed by atoms with Crippen molar-refractivity contribution < 1.29 is 23.1 Å². The van der Waals surface area contributed by atoms with Gasteiger partial charge in [0, 0.05) is 28.7 Å². The van der Waals surface area contributed by atoms with Crippen molar-refractivity contribution in [3.8, 4) is 0 Å². The van der Waals surface area contributed by atoms with Crippen LogP contribution in [0.1, 0.15) is 62.1 Å². The number of fused-ring (bicyclic) bond motifs is 1. The molecule has 2 aliphatic carbocycles. The van der Waals surface area contributed by atoms with E-state index in [1.165, 1.54) is 23.0 Å². The van der Waals surface area contributed by atoms with Gasteiger partial charge in [0.25, 0.3) is 5.91 Å². The Kier molecular flexibility index (Phi) is 6.76. The molecule has 1 aromatic carbocycles. The molecule has 8 nitrogen and oxygen atoms in total. The van der Waals surface area contributed by atoms with Gasteiger partial charge in [-0.1, -0.05) is 23.2 Å². The van der Waals surface area contributed by atoms with Crippen LogP contribution in [0.5, 0.6) is 0 Å². The van der Waals surface area contributed by atoms with E-state index < -0.39 is 23.5 Å². The van der Waals surface area contributed by atoms with Crippen molar-refractivity contribution in [1.82, 2.24) is 25.1 Å². The topological polar surface area (TPSA) is 105 Å². The van der Waals surface area contributed by atoms with Gasteiger partial charge in [-0.25, -0.2) is 9.97 Å². The molecular weight excluding hydrogens is 544 g/mol. The number of anilines is 1. The molecule has 0 bridgehead atoms. The molecule has 0 saturated heterocycles. The molecule has 38 heavy (non-hydrogen) atoms. The lowest BCUT2D eigenvalue weighted by molar-refractivity contribution is -0.144. The summed E-state index contributed by atoms with van der Waals surface area (Å²) in [4.78, 5) is 20.6. The number of aliphatic hydroxyl groups is 1. The molecule has 0 radical (unpaired) electrons. The van der Waals surface area contributed by atoms with Crippen molar-refractivity contribution in [2.75, 3.05) is 5.32 Å². The zero-order chi connectivity index (χ0) is 27.5. The molecule has 1 spiro atoms. The summed E-state index contributed by atoms with van der Waals surface area (Å²) in [7, 11) is 0. The van der Waals surface area contributed by atoms with Crippen LogP contribution in [0.3, 0.4) is 0 Å². The summed E-state index contributed by atoms with van der Waals surface area (Å²) >= 11 is 12.3. The predicted molar refractivity (Wildman–Crippen MR) is 137 cm³/mol. The molecule has 2 heterocycles. The number of alkyl halides is 3. The van der Waals surface area contributed by atoms with Crippen molar-refractivity contribution in [1.29, 1.82) is 0 Å². The molecule has 1 amide bonds. The van der Waals surface area contributed by atoms with E-state index in [4.69, 9.17) is 23.2 Å². The first-order valence-electron chi connectivity index (χ1n) is 12.3. The number of hydrogen-bond acceptors (Lipinski definition) is 6. The third-order valence-electron chi connectivity index (χ3n) is 6.98. The highest BCUT2D eigenvalue weighted by Gasteiger charge is 2.49. The van der Waals surface area contributed by atoms with Crippen molar-refractivity contribution in [3.63, 3.8) is 0 Å². The normalized spacial score (nSPS) is 21.1. The summed E-state index contributed by atoms with van der Waals surface area (Å²) in [5, 5.41) is 21.2. The maximum atomic E-state index is 13.5. The van der Waals surface area contributed by atoms with Crippen LogP contribution in [-0.4, -0.2) is 48.4 Å². The van der Waals surface area contributed by atoms with E-state index in [9.17, 15) is 23.1 Å². The Balaban J connectivity index is 1.37. The quantitative estimate of drug-likeness (QED) is 0.363. The molecule has 2 saturated carbocycles. The Bertz CT molecular complexity index is 1380. The number of hydrogen-bond donors (Lipinski definition) is 3. The van der Waals surface area contributed by atoms with Crippen molar-refractivity contribution >= 4 is 45.8 Å². The van der Waals surface area contributed by atoms with E-state index >= 15 is 0 Å². The number of aromatic nitrogens is 4. The minimum absolute atomic E-state index is 0.0100. The number of halogens is 5. The highest BCUT2D eigenvalue weighted by atomic mass is 35.5. The Morgan fingerprint density at radius 3 is 2.55 bits per heavy atom. The maximum absolute atomic E-state index is 13.5. The SMILES string of the molecule is CC(C)(O)Cn1cc(C(=O)N[C@H]2C[C@@H](Nc3nc(C(F)(F)F)nc4ccc(Cl)cc34)CC3(CC3)C2)c(Cl)n1. The van der Waals surface area contributed by atoms with Crippen molar-refractivity contribution in [3.05, 3.63) is 46.0 Å². The summed E-state index contributed by atoms with van der Waals surface area (Å²) in [6, 6.07) is 4.00. The van der Waals surface area contributed by atoms with Gasteiger partial charge in [0.05, 0.1) is 23.2 Å². The Morgan fingerprint density at radius 1 is 1.18 bits per heavy atom. The minimum atomic E-state index is -4.71. The number of rotatable bonds is 6. The van der Waals surface area contributed by atoms with Gasteiger partial charge in [0.2, 0.25) is 5.82 Å². The zero-order valence-corrected chi connectivity index (χ0v) is 22.3. The Labute approximate surface area is 226 Å². The van der Waals surface area contributed by atoms with Gasteiger partial charge in [-0.15, -0.1) is 0 Å². The second-order valence-corrected chi connectivity index (χ2v) is 11.8. The van der Waals surface area contributed by atoms with E-state index in [1.807, 2.05) is 0 Å². The second-order valence-electron chi connectivity index (χ2n) is 11.1. The fraction of sp³-hybridized carbons (Fsp3) is 0.520. The molecule has 13 heteroatoms. The van der Waals surface area contributed by atoms with Gasteiger partial charge >= 0.3 is 6.18 Å². The molecule has 2 atom stereocenters. The molecule has 0 aliphatic heterocycles. The monoisotopic (exact) mass is 570 g/mol. The van der Waals surface area contributed by atoms with Gasteiger partial charge in [-0.2, -0.15) is 18.3 Å². The summed E-state index contributed by atoms with van der Waals surface area (Å²) in [6.45, 7) is 3.41. The lowest BCUT2D eigenvalue weighted by Gasteiger charge is -2.36. The standard InChI is InChI=1S/C25H27Cl2F3N6O2/c1-23(2,38)12-36-11-17(19(27)35-36)21(37)32-15-8-14(9-24(10-15)5-6-24)31-20-16-7-13(26)3-4-18(16)33-22(34-20)25(28,29)30/h3-4,7,11,14-15,38H,5-6,8-10,12H2,1-2H3,(H,32,37)(H,31,33,34)/t14-,15+/m1/s1. The molecule has 2 fully saturated rings. The summed E-state index contributed by atoms with van der Waals surface area (Å²) in [5.41, 5.74) is -0.693. The van der Waals surface area contributed by atoms with Crippen LogP contribution in [0.15, 0.2) is 24.4 Å². The Hall–Kier alpha value is -2.63. The number of amides is 1. The smallest absolute Gasteiger partial charge is 0.389 e. The fourth-order valence-corrected chi connectivity index (χ4v) is 5.67. The van der Waals surface area contributed by atoms with Crippen molar-refractivity contribution in [2.45, 2.75) is 76.4 Å². The van der Waals surface area contributed by atoms with Crippen LogP contribution < -0.4 is 10.6 Å². The average molecular weight is 571 g/mol. The van der Waals surface area contributed by atoms with Gasteiger partial charge in [0.1, 0.15) is 5.82 Å². The van der Waals surface area contributed by atoms with E-state index in [2.05, 4.69) is 25.7 Å². The Morgan fingerprint density at radius 2 is 1.89 bits per heavy atom. The van der Waals surface area contributed by atoms with E-state index in [0.29, 0.717) is 16.8 Å². The third-order valence-corrected chi connectivity index (χ3v) is 7.50. The largest absolute Gasteiger partial charge is 0.451 e. The predicted octanol–water partition coefficient (Wildman–Crippen LogP) is 5.47. The zero-order valence-electron chi connectivity index (χ0n) is 20.7. The maximum Gasteiger partial charge on any atom is 0.451 e. The van der Waals surface area contributed by atoms with Crippen LogP contribution in [0, 0.1) is 5.41 Å². The molecule has 2 aromatic heterocycles. The lowest BCUT2D eigenvalue weighted by Crippen LogP contribution is -2.45. The van der Waals surface area contributed by atoms with Crippen LogP contribution in [-0.2, 0) is 12.7 Å². The first-order valence-corrected chi connectivity index (χ1v) is 13.0. The number of benzene rings is 1. The highest BCUT2D eigenvalue weighted by molar-refractivity contribution is 6.32. The molecule has 3 aromatic rings. The van der Waals surface area contributed by atoms with Crippen molar-refractivity contribution in [2.24, 2.45) is 5.41 Å². The van der Waals surface area contributed by atoms with Crippen LogP contribution in [0.4, 0.5) is 19.0 Å². The molecule has 5 rings (SSSR count). The molecule has 3 N–H and O–H groups in total. The first-order chi connectivity index (χ1) is 17.7. The fourth-order valence-electron chi connectivity index (χ4n) is 5.27. The van der Waals surface area contributed by atoms with E-state index in [1.54, 1.807) is 19.9 Å². The van der Waals surface area contributed by atoms with Gasteiger partial charge in [-0.3, -0.25) is 9.48 Å². The van der Waals surface area contributed by atoms with Gasteiger partial charge in [-0.05, 0) is 69.6 Å².